The van der Waals surface area contributed by atoms with Crippen molar-refractivity contribution in [2.45, 2.75) is 12.8 Å². The second-order valence-electron chi connectivity index (χ2n) is 3.04. The molecule has 0 N–H and O–H groups in total. The lowest BCUT2D eigenvalue weighted by atomic mass is 9.97. The van der Waals surface area contributed by atoms with E-state index in [4.69, 9.17) is 5.26 Å². The number of nitro groups is 1. The van der Waals surface area contributed by atoms with Crippen molar-refractivity contribution in [3.05, 3.63) is 46.4 Å². The standard InChI is InChI=1S/C10H9N2O2/c1-7(2)10-5-9(12(13)14)4-3-8(10)6-11/h3-5,7H,1H2,2H3. The molecule has 0 spiro atoms. The second-order valence-corrected chi connectivity index (χ2v) is 3.04. The van der Waals surface area contributed by atoms with E-state index in [2.05, 4.69) is 6.92 Å². The van der Waals surface area contributed by atoms with Gasteiger partial charge in [0.2, 0.25) is 0 Å². The summed E-state index contributed by atoms with van der Waals surface area (Å²) in [7, 11) is 0. The Bertz CT molecular complexity index is 405. The summed E-state index contributed by atoms with van der Waals surface area (Å²) in [6.07, 6.45) is 0. The molecular weight excluding hydrogens is 180 g/mol. The second kappa shape index (κ2) is 3.88. The van der Waals surface area contributed by atoms with Crippen molar-refractivity contribution >= 4 is 5.69 Å². The molecule has 0 heterocycles. The van der Waals surface area contributed by atoms with E-state index < -0.39 is 4.92 Å². The average molecular weight is 189 g/mol. The third kappa shape index (κ3) is 1.88. The van der Waals surface area contributed by atoms with Crippen molar-refractivity contribution in [3.63, 3.8) is 0 Å². The Morgan fingerprint density at radius 1 is 1.64 bits per heavy atom. The number of benzene rings is 1. The molecule has 0 aromatic heterocycles. The molecule has 0 amide bonds. The normalized spacial score (nSPS) is 9.86. The molecular formula is C10H9N2O2. The van der Waals surface area contributed by atoms with E-state index in [-0.39, 0.29) is 11.6 Å². The van der Waals surface area contributed by atoms with Crippen LogP contribution in [0.25, 0.3) is 0 Å². The molecule has 1 aromatic rings. The lowest BCUT2D eigenvalue weighted by Gasteiger charge is -2.06. The minimum Gasteiger partial charge on any atom is -0.258 e. The van der Waals surface area contributed by atoms with E-state index in [1.807, 2.05) is 6.07 Å². The predicted molar refractivity (Wildman–Crippen MR) is 51.6 cm³/mol. The van der Waals surface area contributed by atoms with Crippen LogP contribution in [0.2, 0.25) is 0 Å². The quantitative estimate of drug-likeness (QED) is 0.530. The molecule has 4 nitrogen and oxygen atoms in total. The van der Waals surface area contributed by atoms with Gasteiger partial charge >= 0.3 is 0 Å². The number of hydrogen-bond donors (Lipinski definition) is 0. The first-order valence-electron chi connectivity index (χ1n) is 4.07. The first-order valence-corrected chi connectivity index (χ1v) is 4.07. The zero-order chi connectivity index (χ0) is 10.7. The van der Waals surface area contributed by atoms with Gasteiger partial charge in [0.15, 0.2) is 0 Å². The van der Waals surface area contributed by atoms with E-state index in [9.17, 15) is 10.1 Å². The lowest BCUT2D eigenvalue weighted by molar-refractivity contribution is -0.384. The Morgan fingerprint density at radius 2 is 2.29 bits per heavy atom. The van der Waals surface area contributed by atoms with Crippen LogP contribution in [0.4, 0.5) is 5.69 Å². The number of non-ortho nitro benzene ring substituents is 1. The summed E-state index contributed by atoms with van der Waals surface area (Å²) in [6, 6.07) is 6.16. The summed E-state index contributed by atoms with van der Waals surface area (Å²) in [4.78, 5) is 10.00. The molecule has 0 bridgehead atoms. The smallest absolute Gasteiger partial charge is 0.258 e. The molecule has 1 aromatic carbocycles. The molecule has 14 heavy (non-hydrogen) atoms. The lowest BCUT2D eigenvalue weighted by Crippen LogP contribution is -1.96. The molecule has 1 radical (unpaired) electrons. The molecule has 0 saturated heterocycles. The zero-order valence-electron chi connectivity index (χ0n) is 7.73. The van der Waals surface area contributed by atoms with Crippen LogP contribution in [0.5, 0.6) is 0 Å². The average Bonchev–Trinajstić information content (AvgIpc) is 2.16. The predicted octanol–water partition coefficient (Wildman–Crippen LogP) is 2.40. The van der Waals surface area contributed by atoms with Gasteiger partial charge in [-0.25, -0.2) is 0 Å². The van der Waals surface area contributed by atoms with Gasteiger partial charge in [0.1, 0.15) is 0 Å². The van der Waals surface area contributed by atoms with Crippen LogP contribution < -0.4 is 0 Å². The highest BCUT2D eigenvalue weighted by molar-refractivity contribution is 5.47. The SMILES string of the molecule is [CH2]C(C)c1cc([N+](=O)[O-])ccc1C#N. The first-order chi connectivity index (χ1) is 6.56. The van der Waals surface area contributed by atoms with E-state index in [1.54, 1.807) is 6.92 Å². The highest BCUT2D eigenvalue weighted by Crippen LogP contribution is 2.23. The fourth-order valence-corrected chi connectivity index (χ4v) is 1.17. The van der Waals surface area contributed by atoms with Crippen LogP contribution in [0, 0.1) is 28.4 Å². The van der Waals surface area contributed by atoms with Crippen molar-refractivity contribution < 1.29 is 4.92 Å². The summed E-state index contributed by atoms with van der Waals surface area (Å²) in [6.45, 7) is 5.54. The van der Waals surface area contributed by atoms with Crippen LogP contribution in [0.3, 0.4) is 0 Å². The maximum atomic E-state index is 10.5. The third-order valence-corrected chi connectivity index (χ3v) is 1.90. The fraction of sp³-hybridized carbons (Fsp3) is 0.200. The van der Waals surface area contributed by atoms with E-state index in [0.29, 0.717) is 11.1 Å². The highest BCUT2D eigenvalue weighted by Gasteiger charge is 2.12. The van der Waals surface area contributed by atoms with E-state index in [1.165, 1.54) is 18.2 Å². The van der Waals surface area contributed by atoms with Gasteiger partial charge in [0.25, 0.3) is 5.69 Å². The van der Waals surface area contributed by atoms with Gasteiger partial charge < -0.3 is 0 Å². The molecule has 1 unspecified atom stereocenters. The van der Waals surface area contributed by atoms with Crippen molar-refractivity contribution in [1.82, 2.24) is 0 Å². The number of nitriles is 1. The molecule has 0 saturated carbocycles. The summed E-state index contributed by atoms with van der Waals surface area (Å²) in [5.41, 5.74) is 1.05. The van der Waals surface area contributed by atoms with Gasteiger partial charge in [-0.1, -0.05) is 6.92 Å². The molecule has 0 aliphatic carbocycles. The van der Waals surface area contributed by atoms with Crippen LogP contribution >= 0.6 is 0 Å². The largest absolute Gasteiger partial charge is 0.269 e. The Kier molecular flexibility index (Phi) is 2.82. The van der Waals surface area contributed by atoms with Crippen LogP contribution in [0.1, 0.15) is 24.0 Å². The molecule has 0 aliphatic rings. The van der Waals surface area contributed by atoms with Gasteiger partial charge in [-0.2, -0.15) is 5.26 Å². The summed E-state index contributed by atoms with van der Waals surface area (Å²) < 4.78 is 0. The van der Waals surface area contributed by atoms with E-state index in [0.717, 1.165) is 0 Å². The van der Waals surface area contributed by atoms with Gasteiger partial charge in [-0.15, -0.1) is 0 Å². The number of nitrogens with zero attached hydrogens (tertiary/aromatic N) is 2. The molecule has 4 heteroatoms. The number of nitro benzene ring substituents is 1. The third-order valence-electron chi connectivity index (χ3n) is 1.90. The monoisotopic (exact) mass is 189 g/mol. The van der Waals surface area contributed by atoms with Crippen LogP contribution in [-0.2, 0) is 0 Å². The maximum Gasteiger partial charge on any atom is 0.269 e. The number of hydrogen-bond acceptors (Lipinski definition) is 3. The molecule has 71 valence electrons. The maximum absolute atomic E-state index is 10.5. The van der Waals surface area contributed by atoms with Gasteiger partial charge in [0, 0.05) is 12.1 Å². The summed E-state index contributed by atoms with van der Waals surface area (Å²) in [5.74, 6) is -0.135. The van der Waals surface area contributed by atoms with Crippen molar-refractivity contribution in [2.24, 2.45) is 0 Å². The summed E-state index contributed by atoms with van der Waals surface area (Å²) in [5, 5.41) is 19.2. The van der Waals surface area contributed by atoms with Gasteiger partial charge in [-0.05, 0) is 24.5 Å². The zero-order valence-corrected chi connectivity index (χ0v) is 7.73. The van der Waals surface area contributed by atoms with Gasteiger partial charge in [0.05, 0.1) is 16.6 Å². The van der Waals surface area contributed by atoms with Crippen molar-refractivity contribution in [2.75, 3.05) is 0 Å². The van der Waals surface area contributed by atoms with Crippen molar-refractivity contribution in [3.8, 4) is 6.07 Å². The Balaban J connectivity index is 3.29. The number of rotatable bonds is 2. The molecule has 0 aliphatic heterocycles. The van der Waals surface area contributed by atoms with Gasteiger partial charge in [-0.3, -0.25) is 10.1 Å². The van der Waals surface area contributed by atoms with Crippen LogP contribution in [0.15, 0.2) is 18.2 Å². The topological polar surface area (TPSA) is 66.9 Å². The van der Waals surface area contributed by atoms with Crippen molar-refractivity contribution in [1.29, 1.82) is 5.26 Å². The fourth-order valence-electron chi connectivity index (χ4n) is 1.17. The van der Waals surface area contributed by atoms with Crippen LogP contribution in [-0.4, -0.2) is 4.92 Å². The molecule has 1 rings (SSSR count). The molecule has 0 fully saturated rings. The van der Waals surface area contributed by atoms with E-state index >= 15 is 0 Å². The Morgan fingerprint density at radius 3 is 2.71 bits per heavy atom. The Labute approximate surface area is 81.9 Å². The minimum atomic E-state index is -0.479. The summed E-state index contributed by atoms with van der Waals surface area (Å²) >= 11 is 0. The molecule has 1 atom stereocenters. The first kappa shape index (κ1) is 10.2. The minimum absolute atomic E-state index is 0.00509. The Hall–Kier alpha value is -1.89. The highest BCUT2D eigenvalue weighted by atomic mass is 16.6.